The molecule has 1 unspecified atom stereocenters. The van der Waals surface area contributed by atoms with Crippen LogP contribution in [0, 0.1) is 6.92 Å². The number of aryl methyl sites for hydroxylation is 1. The molecule has 5 heteroatoms. The molecule has 0 fully saturated rings. The van der Waals surface area contributed by atoms with Crippen LogP contribution in [0.5, 0.6) is 5.75 Å². The number of rotatable bonds is 9. The van der Waals surface area contributed by atoms with E-state index in [0.29, 0.717) is 5.75 Å². The summed E-state index contributed by atoms with van der Waals surface area (Å²) >= 11 is 0. The number of esters is 1. The van der Waals surface area contributed by atoms with Gasteiger partial charge in [-0.25, -0.2) is 0 Å². The van der Waals surface area contributed by atoms with Crippen LogP contribution in [0.25, 0.3) is 0 Å². The van der Waals surface area contributed by atoms with Crippen LogP contribution in [0.15, 0.2) is 42.5 Å². The van der Waals surface area contributed by atoms with Crippen molar-refractivity contribution in [1.29, 1.82) is 0 Å². The molecule has 1 N–H and O–H groups in total. The van der Waals surface area contributed by atoms with Crippen molar-refractivity contribution in [2.75, 3.05) is 39.3 Å². The molecule has 0 aliphatic carbocycles. The van der Waals surface area contributed by atoms with E-state index >= 15 is 0 Å². The molecule has 0 saturated carbocycles. The van der Waals surface area contributed by atoms with Crippen LogP contribution in [0.1, 0.15) is 36.1 Å². The van der Waals surface area contributed by atoms with Crippen LogP contribution >= 0.6 is 0 Å². The van der Waals surface area contributed by atoms with Crippen molar-refractivity contribution in [3.05, 3.63) is 59.2 Å². The first kappa shape index (κ1) is 20.9. The number of methoxy groups -OCH3 is 1. The first-order valence-corrected chi connectivity index (χ1v) is 9.21. The molecule has 0 bridgehead atoms. The molecule has 2 aromatic rings. The lowest BCUT2D eigenvalue weighted by atomic mass is 9.93. The Bertz CT molecular complexity index is 759. The lowest BCUT2D eigenvalue weighted by Crippen LogP contribution is -2.27. The molecule has 2 aromatic carbocycles. The summed E-state index contributed by atoms with van der Waals surface area (Å²) in [6.07, 6.45) is 0.932. The number of carbonyl (C=O) groups is 1. The number of nitrogens with zero attached hydrogens (tertiary/aromatic N) is 1. The molecule has 0 radical (unpaired) electrons. The summed E-state index contributed by atoms with van der Waals surface area (Å²) in [5.41, 5.74) is 4.62. The fraction of sp³-hybridized carbons (Fsp3) is 0.409. The number of benzene rings is 2. The van der Waals surface area contributed by atoms with Crippen molar-refractivity contribution in [1.82, 2.24) is 5.32 Å². The van der Waals surface area contributed by atoms with Crippen molar-refractivity contribution in [3.63, 3.8) is 0 Å². The Kier molecular flexibility index (Phi) is 7.82. The molecule has 5 nitrogen and oxygen atoms in total. The summed E-state index contributed by atoms with van der Waals surface area (Å²) in [5, 5.41) is 3.67. The summed E-state index contributed by atoms with van der Waals surface area (Å²) in [5.74, 6) is 0.261. The number of hydrogen-bond donors (Lipinski definition) is 1. The van der Waals surface area contributed by atoms with Crippen molar-refractivity contribution in [2.45, 2.75) is 26.3 Å². The number of anilines is 1. The molecule has 0 saturated heterocycles. The van der Waals surface area contributed by atoms with Crippen LogP contribution in [0.2, 0.25) is 0 Å². The monoisotopic (exact) mass is 370 g/mol. The van der Waals surface area contributed by atoms with Crippen molar-refractivity contribution in [3.8, 4) is 5.75 Å². The van der Waals surface area contributed by atoms with Gasteiger partial charge in [-0.2, -0.15) is 0 Å². The maximum Gasteiger partial charge on any atom is 0.308 e. The molecule has 146 valence electrons. The lowest BCUT2D eigenvalue weighted by molar-refractivity contribution is -0.131. The largest absolute Gasteiger partial charge is 0.427 e. The van der Waals surface area contributed by atoms with Crippen LogP contribution in [-0.2, 0) is 9.53 Å². The zero-order valence-corrected chi connectivity index (χ0v) is 16.9. The van der Waals surface area contributed by atoms with E-state index < -0.39 is 0 Å². The minimum atomic E-state index is -0.311. The van der Waals surface area contributed by atoms with Crippen LogP contribution in [0.4, 0.5) is 5.69 Å². The maximum atomic E-state index is 11.2. The second kappa shape index (κ2) is 10.1. The van der Waals surface area contributed by atoms with Gasteiger partial charge in [-0.3, -0.25) is 4.79 Å². The smallest absolute Gasteiger partial charge is 0.308 e. The van der Waals surface area contributed by atoms with Gasteiger partial charge in [-0.05, 0) is 54.8 Å². The van der Waals surface area contributed by atoms with E-state index in [9.17, 15) is 4.79 Å². The summed E-state index contributed by atoms with van der Waals surface area (Å²) in [6, 6.07) is 14.2. The molecular weight excluding hydrogens is 340 g/mol. The molecule has 1 atom stereocenters. The van der Waals surface area contributed by atoms with Gasteiger partial charge >= 0.3 is 5.97 Å². The SMILES string of the molecule is COCCCNC(c1ccc(OC(C)=O)cc1C)c1ccccc1N(C)C. The van der Waals surface area contributed by atoms with Gasteiger partial charge in [-0.15, -0.1) is 0 Å². The first-order chi connectivity index (χ1) is 12.9. The highest BCUT2D eigenvalue weighted by Crippen LogP contribution is 2.33. The molecule has 0 spiro atoms. The fourth-order valence-electron chi connectivity index (χ4n) is 3.19. The maximum absolute atomic E-state index is 11.2. The van der Waals surface area contributed by atoms with Crippen molar-refractivity contribution >= 4 is 11.7 Å². The Balaban J connectivity index is 2.40. The Labute approximate surface area is 162 Å². The predicted molar refractivity (Wildman–Crippen MR) is 110 cm³/mol. The van der Waals surface area contributed by atoms with E-state index in [-0.39, 0.29) is 12.0 Å². The normalized spacial score (nSPS) is 11.9. The van der Waals surface area contributed by atoms with Gasteiger partial charge in [-0.1, -0.05) is 24.3 Å². The van der Waals surface area contributed by atoms with E-state index in [0.717, 1.165) is 30.7 Å². The van der Waals surface area contributed by atoms with E-state index in [1.807, 2.05) is 25.1 Å². The minimum absolute atomic E-state index is 0.0341. The second-order valence-electron chi connectivity index (χ2n) is 6.80. The third-order valence-corrected chi connectivity index (χ3v) is 4.42. The van der Waals surface area contributed by atoms with Gasteiger partial charge in [0.1, 0.15) is 5.75 Å². The Morgan fingerprint density at radius 2 is 1.89 bits per heavy atom. The zero-order valence-electron chi connectivity index (χ0n) is 16.9. The molecule has 0 aliphatic rings. The fourth-order valence-corrected chi connectivity index (χ4v) is 3.19. The second-order valence-corrected chi connectivity index (χ2v) is 6.80. The summed E-state index contributed by atoms with van der Waals surface area (Å²) in [6.45, 7) is 5.02. The van der Waals surface area contributed by atoms with Gasteiger partial charge in [0, 0.05) is 40.4 Å². The number of carbonyl (C=O) groups excluding carboxylic acids is 1. The van der Waals surface area contributed by atoms with Gasteiger partial charge in [0.15, 0.2) is 0 Å². The Morgan fingerprint density at radius 1 is 1.15 bits per heavy atom. The Hall–Kier alpha value is -2.37. The molecular formula is C22H30N2O3. The highest BCUT2D eigenvalue weighted by Gasteiger charge is 2.20. The zero-order chi connectivity index (χ0) is 19.8. The third-order valence-electron chi connectivity index (χ3n) is 4.42. The average molecular weight is 370 g/mol. The molecule has 0 aliphatic heterocycles. The molecule has 27 heavy (non-hydrogen) atoms. The molecule has 0 aromatic heterocycles. The van der Waals surface area contributed by atoms with Crippen LogP contribution < -0.4 is 15.0 Å². The standard InChI is InChI=1S/C22H30N2O3/c1-16-15-18(27-17(2)25)11-12-19(16)22(23-13-8-14-26-5)20-9-6-7-10-21(20)24(3)4/h6-7,9-12,15,22-23H,8,13-14H2,1-5H3. The minimum Gasteiger partial charge on any atom is -0.427 e. The predicted octanol–water partition coefficient (Wildman–Crippen LogP) is 3.70. The van der Waals surface area contributed by atoms with Gasteiger partial charge in [0.25, 0.3) is 0 Å². The van der Waals surface area contributed by atoms with Crippen molar-refractivity contribution < 1.29 is 14.3 Å². The third kappa shape index (κ3) is 5.81. The highest BCUT2D eigenvalue weighted by molar-refractivity contribution is 5.69. The summed E-state index contributed by atoms with van der Waals surface area (Å²) in [4.78, 5) is 13.4. The summed E-state index contributed by atoms with van der Waals surface area (Å²) in [7, 11) is 5.83. The van der Waals surface area contributed by atoms with Crippen LogP contribution in [0.3, 0.4) is 0 Å². The molecule has 0 amide bonds. The van der Waals surface area contributed by atoms with Gasteiger partial charge in [0.05, 0.1) is 6.04 Å². The molecule has 2 rings (SSSR count). The lowest BCUT2D eigenvalue weighted by Gasteiger charge is -2.27. The number of para-hydroxylation sites is 1. The van der Waals surface area contributed by atoms with E-state index in [2.05, 4.69) is 48.6 Å². The number of nitrogens with one attached hydrogen (secondary N) is 1. The first-order valence-electron chi connectivity index (χ1n) is 9.21. The quantitative estimate of drug-likeness (QED) is 0.414. The average Bonchev–Trinajstić information content (AvgIpc) is 2.62. The van der Waals surface area contributed by atoms with Gasteiger partial charge in [0.2, 0.25) is 0 Å². The van der Waals surface area contributed by atoms with E-state index in [1.54, 1.807) is 7.11 Å². The topological polar surface area (TPSA) is 50.8 Å². The molecule has 0 heterocycles. The summed E-state index contributed by atoms with van der Waals surface area (Å²) < 4.78 is 10.4. The van der Waals surface area contributed by atoms with Gasteiger partial charge < -0.3 is 19.7 Å². The Morgan fingerprint density at radius 3 is 2.52 bits per heavy atom. The van der Waals surface area contributed by atoms with E-state index in [4.69, 9.17) is 9.47 Å². The number of hydrogen-bond acceptors (Lipinski definition) is 5. The van der Waals surface area contributed by atoms with Crippen molar-refractivity contribution in [2.24, 2.45) is 0 Å². The highest BCUT2D eigenvalue weighted by atomic mass is 16.5. The van der Waals surface area contributed by atoms with Crippen LogP contribution in [-0.4, -0.2) is 40.3 Å². The number of ether oxygens (including phenoxy) is 2. The van der Waals surface area contributed by atoms with E-state index in [1.165, 1.54) is 18.2 Å².